The van der Waals surface area contributed by atoms with Crippen molar-refractivity contribution in [3.63, 3.8) is 0 Å². The molecule has 3 aliphatic rings. The molecule has 0 aromatic heterocycles. The SMILES string of the molecule is C[C@H](NC(=O)[C@H]1[C@H](C(=O)O)[C@H]2C=C[C@H]1O2)[C@H]1CCCO1. The normalized spacial score (nSPS) is 40.0. The predicted octanol–water partition coefficient (Wildman–Crippen LogP) is 0.324. The Balaban J connectivity index is 1.67. The molecule has 0 aromatic rings. The van der Waals surface area contributed by atoms with Crippen LogP contribution in [-0.2, 0) is 19.1 Å². The molecule has 2 bridgehead atoms. The van der Waals surface area contributed by atoms with Crippen molar-refractivity contribution >= 4 is 11.9 Å². The van der Waals surface area contributed by atoms with Crippen LogP contribution < -0.4 is 5.32 Å². The zero-order valence-corrected chi connectivity index (χ0v) is 11.3. The number of hydrogen-bond acceptors (Lipinski definition) is 4. The first-order chi connectivity index (χ1) is 9.58. The number of hydrogen-bond donors (Lipinski definition) is 2. The first-order valence-electron chi connectivity index (χ1n) is 7.06. The molecule has 2 N–H and O–H groups in total. The summed E-state index contributed by atoms with van der Waals surface area (Å²) in [5, 5.41) is 12.2. The van der Waals surface area contributed by atoms with E-state index in [4.69, 9.17) is 9.47 Å². The summed E-state index contributed by atoms with van der Waals surface area (Å²) in [6.07, 6.45) is 4.57. The van der Waals surface area contributed by atoms with Gasteiger partial charge in [-0.05, 0) is 19.8 Å². The molecule has 0 saturated carbocycles. The molecule has 2 saturated heterocycles. The third-order valence-electron chi connectivity index (χ3n) is 4.38. The Labute approximate surface area is 117 Å². The van der Waals surface area contributed by atoms with Gasteiger partial charge in [-0.1, -0.05) is 12.2 Å². The molecule has 0 unspecified atom stereocenters. The van der Waals surface area contributed by atoms with Crippen LogP contribution in [0.4, 0.5) is 0 Å². The van der Waals surface area contributed by atoms with E-state index in [2.05, 4.69) is 5.32 Å². The standard InChI is InChI=1S/C14H19NO5/c1-7(8-3-2-6-19-8)15-13(16)11-9-4-5-10(20-9)12(11)14(17)18/h4-5,7-12H,2-3,6H2,1H3,(H,15,16)(H,17,18)/t7-,8+,9+,10+,11+,12+/m0/s1. The van der Waals surface area contributed by atoms with Gasteiger partial charge in [0.15, 0.2) is 0 Å². The summed E-state index contributed by atoms with van der Waals surface area (Å²) < 4.78 is 11.0. The molecule has 3 heterocycles. The van der Waals surface area contributed by atoms with E-state index in [1.807, 2.05) is 6.92 Å². The van der Waals surface area contributed by atoms with E-state index in [0.717, 1.165) is 19.4 Å². The van der Waals surface area contributed by atoms with Crippen LogP contribution in [0, 0.1) is 11.8 Å². The monoisotopic (exact) mass is 281 g/mol. The second-order valence-corrected chi connectivity index (χ2v) is 5.69. The third kappa shape index (κ3) is 2.23. The molecule has 1 amide bonds. The smallest absolute Gasteiger partial charge is 0.310 e. The summed E-state index contributed by atoms with van der Waals surface area (Å²) in [5.41, 5.74) is 0. The van der Waals surface area contributed by atoms with Crippen LogP contribution in [0.5, 0.6) is 0 Å². The third-order valence-corrected chi connectivity index (χ3v) is 4.38. The van der Waals surface area contributed by atoms with Gasteiger partial charge < -0.3 is 19.9 Å². The van der Waals surface area contributed by atoms with Gasteiger partial charge >= 0.3 is 5.97 Å². The minimum Gasteiger partial charge on any atom is -0.481 e. The van der Waals surface area contributed by atoms with Crippen LogP contribution in [0.2, 0.25) is 0 Å². The Morgan fingerprint density at radius 3 is 2.60 bits per heavy atom. The van der Waals surface area contributed by atoms with Crippen molar-refractivity contribution in [2.45, 2.75) is 44.1 Å². The minimum atomic E-state index is -0.980. The van der Waals surface area contributed by atoms with E-state index < -0.39 is 30.0 Å². The van der Waals surface area contributed by atoms with E-state index in [-0.39, 0.29) is 18.1 Å². The highest BCUT2D eigenvalue weighted by atomic mass is 16.5. The Morgan fingerprint density at radius 1 is 1.30 bits per heavy atom. The van der Waals surface area contributed by atoms with Crippen molar-refractivity contribution in [2.75, 3.05) is 6.61 Å². The van der Waals surface area contributed by atoms with Gasteiger partial charge in [-0.25, -0.2) is 0 Å². The van der Waals surface area contributed by atoms with Gasteiger partial charge in [0.05, 0.1) is 30.3 Å². The van der Waals surface area contributed by atoms with Crippen molar-refractivity contribution in [1.29, 1.82) is 0 Å². The molecule has 0 spiro atoms. The van der Waals surface area contributed by atoms with Crippen molar-refractivity contribution in [3.8, 4) is 0 Å². The molecule has 6 heteroatoms. The number of carboxylic acid groups (broad SMARTS) is 1. The maximum absolute atomic E-state index is 12.4. The Morgan fingerprint density at radius 2 is 2.00 bits per heavy atom. The predicted molar refractivity (Wildman–Crippen MR) is 69.0 cm³/mol. The molecule has 0 radical (unpaired) electrons. The van der Waals surface area contributed by atoms with Gasteiger partial charge in [-0.2, -0.15) is 0 Å². The van der Waals surface area contributed by atoms with Crippen molar-refractivity contribution in [2.24, 2.45) is 11.8 Å². The van der Waals surface area contributed by atoms with Crippen LogP contribution >= 0.6 is 0 Å². The fraction of sp³-hybridized carbons (Fsp3) is 0.714. The van der Waals surface area contributed by atoms with E-state index in [1.165, 1.54) is 0 Å². The molecule has 6 nitrogen and oxygen atoms in total. The van der Waals surface area contributed by atoms with E-state index >= 15 is 0 Å². The molecular weight excluding hydrogens is 262 g/mol. The lowest BCUT2D eigenvalue weighted by molar-refractivity contribution is -0.147. The summed E-state index contributed by atoms with van der Waals surface area (Å²) >= 11 is 0. The van der Waals surface area contributed by atoms with Crippen molar-refractivity contribution in [3.05, 3.63) is 12.2 Å². The number of carbonyl (C=O) groups excluding carboxylic acids is 1. The van der Waals surface area contributed by atoms with Gasteiger partial charge in [-0.15, -0.1) is 0 Å². The Hall–Kier alpha value is -1.40. The molecule has 0 aromatic carbocycles. The summed E-state index contributed by atoms with van der Waals surface area (Å²) in [6.45, 7) is 2.62. The zero-order chi connectivity index (χ0) is 14.3. The number of carbonyl (C=O) groups is 2. The Bertz CT molecular complexity index is 443. The van der Waals surface area contributed by atoms with Gasteiger partial charge in [-0.3, -0.25) is 9.59 Å². The molecule has 3 rings (SSSR count). The van der Waals surface area contributed by atoms with Crippen LogP contribution in [0.3, 0.4) is 0 Å². The lowest BCUT2D eigenvalue weighted by atomic mass is 9.82. The number of rotatable bonds is 4. The zero-order valence-electron chi connectivity index (χ0n) is 11.3. The first-order valence-corrected chi connectivity index (χ1v) is 7.06. The summed E-state index contributed by atoms with van der Waals surface area (Å²) in [6, 6.07) is -0.109. The maximum Gasteiger partial charge on any atom is 0.310 e. The van der Waals surface area contributed by atoms with Crippen LogP contribution in [0.15, 0.2) is 12.2 Å². The Kier molecular flexibility index (Phi) is 3.52. The van der Waals surface area contributed by atoms with Crippen LogP contribution in [0.25, 0.3) is 0 Å². The number of amides is 1. The highest BCUT2D eigenvalue weighted by Gasteiger charge is 2.53. The summed E-state index contributed by atoms with van der Waals surface area (Å²) in [7, 11) is 0. The average Bonchev–Trinajstić information content (AvgIpc) is 3.13. The van der Waals surface area contributed by atoms with E-state index in [9.17, 15) is 14.7 Å². The topological polar surface area (TPSA) is 84.9 Å². The summed E-state index contributed by atoms with van der Waals surface area (Å²) in [4.78, 5) is 23.7. The van der Waals surface area contributed by atoms with Crippen molar-refractivity contribution in [1.82, 2.24) is 5.32 Å². The molecular formula is C14H19NO5. The molecule has 110 valence electrons. The van der Waals surface area contributed by atoms with Gasteiger partial charge in [0.1, 0.15) is 5.92 Å². The first kappa shape index (κ1) is 13.6. The molecule has 6 atom stereocenters. The van der Waals surface area contributed by atoms with Crippen molar-refractivity contribution < 1.29 is 24.2 Å². The second-order valence-electron chi connectivity index (χ2n) is 5.69. The molecule has 0 aliphatic carbocycles. The fourth-order valence-electron chi connectivity index (χ4n) is 3.33. The van der Waals surface area contributed by atoms with Crippen LogP contribution in [-0.4, -0.2) is 47.9 Å². The second kappa shape index (κ2) is 5.18. The number of aliphatic carboxylic acids is 1. The number of nitrogens with one attached hydrogen (secondary N) is 1. The number of carboxylic acids is 1. The van der Waals surface area contributed by atoms with Crippen LogP contribution in [0.1, 0.15) is 19.8 Å². The van der Waals surface area contributed by atoms with E-state index in [1.54, 1.807) is 12.2 Å². The summed E-state index contributed by atoms with van der Waals surface area (Å²) in [5.74, 6) is -2.67. The van der Waals surface area contributed by atoms with Gasteiger partial charge in [0.2, 0.25) is 5.91 Å². The molecule has 20 heavy (non-hydrogen) atoms. The lowest BCUT2D eigenvalue weighted by Gasteiger charge is -2.25. The van der Waals surface area contributed by atoms with E-state index in [0.29, 0.717) is 0 Å². The minimum absolute atomic E-state index is 0.0253. The quantitative estimate of drug-likeness (QED) is 0.725. The molecule has 3 aliphatic heterocycles. The van der Waals surface area contributed by atoms with Gasteiger partial charge in [0.25, 0.3) is 0 Å². The lowest BCUT2D eigenvalue weighted by Crippen LogP contribution is -2.48. The highest BCUT2D eigenvalue weighted by Crippen LogP contribution is 2.39. The number of ether oxygens (including phenoxy) is 2. The average molecular weight is 281 g/mol. The number of fused-ring (bicyclic) bond motifs is 2. The molecule has 2 fully saturated rings. The largest absolute Gasteiger partial charge is 0.481 e. The fourth-order valence-corrected chi connectivity index (χ4v) is 3.33. The highest BCUT2D eigenvalue weighted by molar-refractivity contribution is 5.87. The maximum atomic E-state index is 12.4. The van der Waals surface area contributed by atoms with Gasteiger partial charge in [0, 0.05) is 6.61 Å².